The molecule has 3 aromatic rings. The van der Waals surface area contributed by atoms with Gasteiger partial charge in [0.15, 0.2) is 0 Å². The van der Waals surface area contributed by atoms with E-state index in [0.717, 1.165) is 11.1 Å². The van der Waals surface area contributed by atoms with Gasteiger partial charge in [-0.3, -0.25) is 9.97 Å². The van der Waals surface area contributed by atoms with E-state index in [0.29, 0.717) is 0 Å². The first kappa shape index (κ1) is 17.1. The van der Waals surface area contributed by atoms with Gasteiger partial charge in [0.2, 0.25) is 0 Å². The average Bonchev–Trinajstić information content (AvgIpc) is 2.65. The van der Waals surface area contributed by atoms with Crippen molar-refractivity contribution >= 4 is 12.2 Å². The summed E-state index contributed by atoms with van der Waals surface area (Å²) >= 11 is 0. The van der Waals surface area contributed by atoms with Gasteiger partial charge in [0, 0.05) is 24.8 Å². The highest BCUT2D eigenvalue weighted by molar-refractivity contribution is 5.45. The number of nitrogens with zero attached hydrogens (tertiary/aromatic N) is 2. The van der Waals surface area contributed by atoms with Crippen LogP contribution in [0.1, 0.15) is 11.1 Å². The maximum Gasteiger partial charge on any atom is 0.0273 e. The van der Waals surface area contributed by atoms with Gasteiger partial charge in [-0.05, 0) is 35.4 Å². The van der Waals surface area contributed by atoms with Gasteiger partial charge in [0.05, 0.1) is 0 Å². The van der Waals surface area contributed by atoms with Crippen molar-refractivity contribution in [2.24, 2.45) is 0 Å². The van der Waals surface area contributed by atoms with Crippen molar-refractivity contribution in [2.75, 3.05) is 0 Å². The molecule has 0 atom stereocenters. The van der Waals surface area contributed by atoms with Gasteiger partial charge in [0.1, 0.15) is 0 Å². The fraction of sp³-hybridized carbons (Fsp3) is 0. The molecule has 0 saturated heterocycles. The van der Waals surface area contributed by atoms with Gasteiger partial charge in [-0.25, -0.2) is 0 Å². The van der Waals surface area contributed by atoms with Gasteiger partial charge in [-0.2, -0.15) is 0 Å². The number of rotatable bonds is 2. The molecule has 0 aliphatic heterocycles. The van der Waals surface area contributed by atoms with Crippen molar-refractivity contribution in [1.29, 1.82) is 0 Å². The standard InChI is InChI=1S/2C7H7N.C6H6/c2*1-2-7-3-5-8-6-4-7;1-2-4-6-5-3-1/h2*2-6H,1H2;1-6H. The van der Waals surface area contributed by atoms with Crippen LogP contribution < -0.4 is 0 Å². The summed E-state index contributed by atoms with van der Waals surface area (Å²) in [5.41, 5.74) is 2.22. The molecule has 2 aromatic heterocycles. The predicted molar refractivity (Wildman–Crippen MR) is 95.1 cm³/mol. The van der Waals surface area contributed by atoms with E-state index >= 15 is 0 Å². The van der Waals surface area contributed by atoms with Crippen LogP contribution in [0.25, 0.3) is 12.2 Å². The molecule has 0 unspecified atom stereocenters. The zero-order chi connectivity index (χ0) is 15.9. The lowest BCUT2D eigenvalue weighted by molar-refractivity contribution is 1.32. The average molecular weight is 288 g/mol. The molecule has 0 amide bonds. The second-order valence-electron chi connectivity index (χ2n) is 4.12. The van der Waals surface area contributed by atoms with Crippen LogP contribution in [0.5, 0.6) is 0 Å². The summed E-state index contributed by atoms with van der Waals surface area (Å²) in [5, 5.41) is 0. The third-order valence-electron chi connectivity index (χ3n) is 2.55. The third-order valence-corrected chi connectivity index (χ3v) is 2.55. The van der Waals surface area contributed by atoms with Crippen molar-refractivity contribution in [3.63, 3.8) is 0 Å². The lowest BCUT2D eigenvalue weighted by Gasteiger charge is -1.84. The first-order valence-electron chi connectivity index (χ1n) is 6.91. The van der Waals surface area contributed by atoms with Crippen LogP contribution in [0.15, 0.2) is 98.6 Å². The van der Waals surface area contributed by atoms with Crippen LogP contribution in [-0.2, 0) is 0 Å². The molecule has 0 spiro atoms. The Kier molecular flexibility index (Phi) is 9.14. The molecule has 0 radical (unpaired) electrons. The van der Waals surface area contributed by atoms with E-state index in [4.69, 9.17) is 0 Å². The Hall–Kier alpha value is -3.00. The predicted octanol–water partition coefficient (Wildman–Crippen LogP) is 5.14. The van der Waals surface area contributed by atoms with E-state index in [1.54, 1.807) is 36.9 Å². The van der Waals surface area contributed by atoms with Gasteiger partial charge >= 0.3 is 0 Å². The summed E-state index contributed by atoms with van der Waals surface area (Å²) < 4.78 is 0. The quantitative estimate of drug-likeness (QED) is 0.653. The zero-order valence-corrected chi connectivity index (χ0v) is 12.5. The summed E-state index contributed by atoms with van der Waals surface area (Å²) in [4.78, 5) is 7.69. The lowest BCUT2D eigenvalue weighted by Crippen LogP contribution is -1.69. The van der Waals surface area contributed by atoms with E-state index in [1.165, 1.54) is 0 Å². The Balaban J connectivity index is 0.000000167. The van der Waals surface area contributed by atoms with E-state index in [9.17, 15) is 0 Å². The van der Waals surface area contributed by atoms with Crippen molar-refractivity contribution < 1.29 is 0 Å². The van der Waals surface area contributed by atoms with E-state index in [1.807, 2.05) is 60.7 Å². The van der Waals surface area contributed by atoms with E-state index in [-0.39, 0.29) is 0 Å². The summed E-state index contributed by atoms with van der Waals surface area (Å²) in [5.74, 6) is 0. The lowest BCUT2D eigenvalue weighted by atomic mass is 10.3. The highest BCUT2D eigenvalue weighted by Crippen LogP contribution is 1.95. The monoisotopic (exact) mass is 288 g/mol. The maximum atomic E-state index is 3.85. The molecule has 0 fully saturated rings. The highest BCUT2D eigenvalue weighted by Gasteiger charge is 1.77. The van der Waals surface area contributed by atoms with Crippen molar-refractivity contribution in [3.8, 4) is 0 Å². The first-order chi connectivity index (χ1) is 10.9. The van der Waals surface area contributed by atoms with Crippen LogP contribution in [-0.4, -0.2) is 9.97 Å². The maximum absolute atomic E-state index is 3.85. The Bertz CT molecular complexity index is 549. The second kappa shape index (κ2) is 11.8. The topological polar surface area (TPSA) is 25.8 Å². The Labute approximate surface area is 132 Å². The van der Waals surface area contributed by atoms with E-state index < -0.39 is 0 Å². The minimum absolute atomic E-state index is 1.11. The van der Waals surface area contributed by atoms with Gasteiger partial charge in [0.25, 0.3) is 0 Å². The molecule has 0 aliphatic rings. The number of hydrogen-bond donors (Lipinski definition) is 0. The van der Waals surface area contributed by atoms with Gasteiger partial charge in [-0.1, -0.05) is 61.7 Å². The van der Waals surface area contributed by atoms with Gasteiger partial charge < -0.3 is 0 Å². The van der Waals surface area contributed by atoms with Crippen molar-refractivity contribution in [1.82, 2.24) is 9.97 Å². The molecule has 22 heavy (non-hydrogen) atoms. The van der Waals surface area contributed by atoms with Crippen LogP contribution in [0.2, 0.25) is 0 Å². The number of benzene rings is 1. The van der Waals surface area contributed by atoms with E-state index in [2.05, 4.69) is 23.1 Å². The summed E-state index contributed by atoms with van der Waals surface area (Å²) in [7, 11) is 0. The smallest absolute Gasteiger partial charge is 0.0273 e. The van der Waals surface area contributed by atoms with Crippen LogP contribution >= 0.6 is 0 Å². The van der Waals surface area contributed by atoms with Crippen LogP contribution in [0.4, 0.5) is 0 Å². The summed E-state index contributed by atoms with van der Waals surface area (Å²) in [6.07, 6.45) is 10.6. The number of hydrogen-bond acceptors (Lipinski definition) is 2. The number of aromatic nitrogens is 2. The fourth-order valence-corrected chi connectivity index (χ4v) is 1.38. The molecule has 2 nitrogen and oxygen atoms in total. The highest BCUT2D eigenvalue weighted by atomic mass is 14.6. The first-order valence-corrected chi connectivity index (χ1v) is 6.91. The molecule has 1 aromatic carbocycles. The molecule has 110 valence electrons. The van der Waals surface area contributed by atoms with Crippen molar-refractivity contribution in [2.45, 2.75) is 0 Å². The van der Waals surface area contributed by atoms with Crippen LogP contribution in [0, 0.1) is 0 Å². The molecule has 3 rings (SSSR count). The Morgan fingerprint density at radius 2 is 0.818 bits per heavy atom. The van der Waals surface area contributed by atoms with Gasteiger partial charge in [-0.15, -0.1) is 0 Å². The molecular formula is C20H20N2. The second-order valence-corrected chi connectivity index (χ2v) is 4.12. The summed E-state index contributed by atoms with van der Waals surface area (Å²) in [6, 6.07) is 19.6. The molecule has 2 heterocycles. The minimum atomic E-state index is 1.11. The largest absolute Gasteiger partial charge is 0.265 e. The molecule has 0 N–H and O–H groups in total. The minimum Gasteiger partial charge on any atom is -0.265 e. The third kappa shape index (κ3) is 8.23. The zero-order valence-electron chi connectivity index (χ0n) is 12.5. The normalized spacial score (nSPS) is 8.36. The molecule has 0 bridgehead atoms. The van der Waals surface area contributed by atoms with Crippen molar-refractivity contribution in [3.05, 3.63) is 110 Å². The molecular weight excluding hydrogens is 268 g/mol. The SMILES string of the molecule is C=Cc1ccncc1.C=Cc1ccncc1.c1ccccc1. The molecule has 0 saturated carbocycles. The Morgan fingerprint density at radius 1 is 0.545 bits per heavy atom. The summed E-state index contributed by atoms with van der Waals surface area (Å²) in [6.45, 7) is 7.21. The van der Waals surface area contributed by atoms with Crippen LogP contribution in [0.3, 0.4) is 0 Å². The molecule has 0 aliphatic carbocycles. The Morgan fingerprint density at radius 3 is 1.00 bits per heavy atom. The fourth-order valence-electron chi connectivity index (χ4n) is 1.38. The number of pyridine rings is 2. The molecule has 2 heteroatoms.